The van der Waals surface area contributed by atoms with Crippen molar-refractivity contribution in [2.75, 3.05) is 0 Å². The van der Waals surface area contributed by atoms with Gasteiger partial charge in [-0.15, -0.1) is 0 Å². The summed E-state index contributed by atoms with van der Waals surface area (Å²) in [5.74, 6) is -5.98. The molecule has 0 saturated carbocycles. The maximum Gasteiger partial charge on any atom is 0.453 e. The summed E-state index contributed by atoms with van der Waals surface area (Å²) in [6.07, 6.45) is -5.71. The summed E-state index contributed by atoms with van der Waals surface area (Å²) in [7, 11) is 0. The molecule has 0 aliphatic carbocycles. The number of rotatable bonds is 4. The molecule has 0 saturated heterocycles. The van der Waals surface area contributed by atoms with Crippen molar-refractivity contribution in [1.29, 1.82) is 0 Å². The van der Waals surface area contributed by atoms with E-state index in [1.54, 1.807) is 0 Å². The first-order chi connectivity index (χ1) is 9.63. The van der Waals surface area contributed by atoms with Crippen LogP contribution in [-0.4, -0.2) is 27.7 Å². The highest BCUT2D eigenvalue weighted by molar-refractivity contribution is 6.02. The zero-order valence-corrected chi connectivity index (χ0v) is 10.5. The van der Waals surface area contributed by atoms with Gasteiger partial charge in [0.2, 0.25) is 0 Å². The average Bonchev–Trinajstić information content (AvgIpc) is 2.77. The smallest absolute Gasteiger partial charge is 0.453 e. The molecule has 2 aromatic rings. The Balaban J connectivity index is 2.29. The Hall–Kier alpha value is -2.12. The number of nitrogens with zero attached hydrogens (tertiary/aromatic N) is 1. The number of hydrogen-bond acceptors (Lipinski definition) is 1. The van der Waals surface area contributed by atoms with Crippen LogP contribution in [0.2, 0.25) is 0 Å². The zero-order chi connectivity index (χ0) is 15.8. The van der Waals surface area contributed by atoms with Crippen LogP contribution in [0.15, 0.2) is 30.5 Å². The average molecular weight is 307 g/mol. The second-order valence-electron chi connectivity index (χ2n) is 4.50. The van der Waals surface area contributed by atoms with E-state index in [9.17, 15) is 26.7 Å². The highest BCUT2D eigenvalue weighted by Gasteiger charge is 2.56. The van der Waals surface area contributed by atoms with Crippen LogP contribution in [0.1, 0.15) is 16.8 Å². The number of aryl methyl sites for hydroxylation is 1. The molecule has 114 valence electrons. The van der Waals surface area contributed by atoms with E-state index >= 15 is 0 Å². The summed E-state index contributed by atoms with van der Waals surface area (Å²) < 4.78 is 63.3. The van der Waals surface area contributed by atoms with Crippen LogP contribution >= 0.6 is 0 Å². The number of carbonyl (C=O) groups is 1. The SMILES string of the molecule is O=C(O)c1cccc2c1ccn2CCC(F)(F)C(F)(F)F. The molecule has 0 spiro atoms. The van der Waals surface area contributed by atoms with Gasteiger partial charge in [-0.3, -0.25) is 0 Å². The molecule has 1 N–H and O–H groups in total. The predicted molar refractivity (Wildman–Crippen MR) is 64.5 cm³/mol. The largest absolute Gasteiger partial charge is 0.478 e. The first-order valence-corrected chi connectivity index (χ1v) is 5.89. The summed E-state index contributed by atoms with van der Waals surface area (Å²) in [5.41, 5.74) is 0.265. The summed E-state index contributed by atoms with van der Waals surface area (Å²) in [6.45, 7) is -0.570. The predicted octanol–water partition coefficient (Wildman–Crippen LogP) is 3.93. The summed E-state index contributed by atoms with van der Waals surface area (Å²) in [5, 5.41) is 9.27. The lowest BCUT2D eigenvalue weighted by molar-refractivity contribution is -0.285. The molecule has 0 amide bonds. The molecule has 0 radical (unpaired) electrons. The Labute approximate surface area is 115 Å². The van der Waals surface area contributed by atoms with Gasteiger partial charge in [0, 0.05) is 30.1 Å². The van der Waals surface area contributed by atoms with Crippen molar-refractivity contribution in [3.05, 3.63) is 36.0 Å². The van der Waals surface area contributed by atoms with E-state index in [-0.39, 0.29) is 5.56 Å². The number of carboxylic acids is 1. The molecular formula is C13H10F5NO2. The summed E-state index contributed by atoms with van der Waals surface area (Å²) in [6, 6.07) is 5.58. The Morgan fingerprint density at radius 2 is 1.81 bits per heavy atom. The van der Waals surface area contributed by atoms with Gasteiger partial charge in [0.1, 0.15) is 0 Å². The van der Waals surface area contributed by atoms with Crippen LogP contribution in [0.3, 0.4) is 0 Å². The minimum absolute atomic E-state index is 0.0335. The van der Waals surface area contributed by atoms with Crippen molar-refractivity contribution in [3.63, 3.8) is 0 Å². The van der Waals surface area contributed by atoms with E-state index in [4.69, 9.17) is 5.11 Å². The highest BCUT2D eigenvalue weighted by Crippen LogP contribution is 2.38. The van der Waals surface area contributed by atoms with Gasteiger partial charge in [0.05, 0.1) is 5.56 Å². The zero-order valence-electron chi connectivity index (χ0n) is 10.5. The van der Waals surface area contributed by atoms with Gasteiger partial charge >= 0.3 is 18.1 Å². The van der Waals surface area contributed by atoms with Gasteiger partial charge in [0.25, 0.3) is 0 Å². The maximum atomic E-state index is 12.9. The molecule has 1 heterocycles. The highest BCUT2D eigenvalue weighted by atomic mass is 19.4. The van der Waals surface area contributed by atoms with Crippen molar-refractivity contribution in [2.24, 2.45) is 0 Å². The van der Waals surface area contributed by atoms with Crippen molar-refractivity contribution < 1.29 is 31.9 Å². The fraction of sp³-hybridized carbons (Fsp3) is 0.308. The van der Waals surface area contributed by atoms with Crippen LogP contribution in [0, 0.1) is 0 Å². The molecule has 0 atom stereocenters. The van der Waals surface area contributed by atoms with Crippen molar-refractivity contribution in [3.8, 4) is 0 Å². The first-order valence-electron chi connectivity index (χ1n) is 5.89. The maximum absolute atomic E-state index is 12.9. The monoisotopic (exact) mass is 307 g/mol. The number of alkyl halides is 5. The number of aromatic carboxylic acids is 1. The minimum Gasteiger partial charge on any atom is -0.478 e. The fourth-order valence-corrected chi connectivity index (χ4v) is 2.01. The molecule has 21 heavy (non-hydrogen) atoms. The van der Waals surface area contributed by atoms with Crippen LogP contribution in [-0.2, 0) is 6.54 Å². The Morgan fingerprint density at radius 3 is 2.38 bits per heavy atom. The van der Waals surface area contributed by atoms with E-state index in [1.807, 2.05) is 0 Å². The van der Waals surface area contributed by atoms with Gasteiger partial charge in [-0.05, 0) is 18.2 Å². The third-order valence-corrected chi connectivity index (χ3v) is 3.13. The molecule has 8 heteroatoms. The Kier molecular flexibility index (Phi) is 3.65. The van der Waals surface area contributed by atoms with Gasteiger partial charge in [0.15, 0.2) is 0 Å². The Morgan fingerprint density at radius 1 is 1.14 bits per heavy atom. The van der Waals surface area contributed by atoms with Gasteiger partial charge in [-0.25, -0.2) is 4.79 Å². The van der Waals surface area contributed by atoms with E-state index in [0.29, 0.717) is 10.9 Å². The molecule has 2 rings (SSSR count). The Bertz CT molecular complexity index is 675. The third kappa shape index (κ3) is 2.84. The molecule has 0 fully saturated rings. The van der Waals surface area contributed by atoms with E-state index in [0.717, 1.165) is 0 Å². The molecule has 3 nitrogen and oxygen atoms in total. The van der Waals surface area contributed by atoms with Crippen molar-refractivity contribution in [1.82, 2.24) is 4.57 Å². The first kappa shape index (κ1) is 15.3. The lowest BCUT2D eigenvalue weighted by atomic mass is 10.1. The molecular weight excluding hydrogens is 297 g/mol. The summed E-state index contributed by atoms with van der Waals surface area (Å²) in [4.78, 5) is 11.0. The number of carboxylic acid groups (broad SMARTS) is 1. The number of halogens is 5. The lowest BCUT2D eigenvalue weighted by Gasteiger charge is -2.19. The summed E-state index contributed by atoms with van der Waals surface area (Å²) >= 11 is 0. The van der Waals surface area contributed by atoms with Crippen molar-refractivity contribution in [2.45, 2.75) is 25.1 Å². The number of fused-ring (bicyclic) bond motifs is 1. The molecule has 0 unspecified atom stereocenters. The minimum atomic E-state index is -5.60. The second-order valence-corrected chi connectivity index (χ2v) is 4.50. The topological polar surface area (TPSA) is 42.2 Å². The van der Waals surface area contributed by atoms with Crippen LogP contribution in [0.5, 0.6) is 0 Å². The molecule has 1 aromatic carbocycles. The van der Waals surface area contributed by atoms with Gasteiger partial charge in [-0.2, -0.15) is 22.0 Å². The molecule has 1 aromatic heterocycles. The normalized spacial score (nSPS) is 12.8. The number of benzene rings is 1. The van der Waals surface area contributed by atoms with Crippen LogP contribution in [0.25, 0.3) is 10.9 Å². The second kappa shape index (κ2) is 5.01. The fourth-order valence-electron chi connectivity index (χ4n) is 2.01. The number of hydrogen-bond donors (Lipinski definition) is 1. The van der Waals surface area contributed by atoms with E-state index in [2.05, 4.69) is 0 Å². The van der Waals surface area contributed by atoms with Crippen LogP contribution < -0.4 is 0 Å². The molecule has 0 aliphatic heterocycles. The van der Waals surface area contributed by atoms with Gasteiger partial charge < -0.3 is 9.67 Å². The van der Waals surface area contributed by atoms with Crippen molar-refractivity contribution >= 4 is 16.9 Å². The molecule has 0 bridgehead atoms. The molecule has 0 aliphatic rings. The van der Waals surface area contributed by atoms with E-state index in [1.165, 1.54) is 35.0 Å². The van der Waals surface area contributed by atoms with Crippen LogP contribution in [0.4, 0.5) is 22.0 Å². The quantitative estimate of drug-likeness (QED) is 0.870. The lowest BCUT2D eigenvalue weighted by Crippen LogP contribution is -2.37. The third-order valence-electron chi connectivity index (χ3n) is 3.13. The van der Waals surface area contributed by atoms with Gasteiger partial charge in [-0.1, -0.05) is 6.07 Å². The number of aromatic nitrogens is 1. The standard InChI is InChI=1S/C13H10F5NO2/c14-12(15,13(16,17)18)5-7-19-6-4-8-9(11(20)21)2-1-3-10(8)19/h1-4,6H,5,7H2,(H,20,21). The van der Waals surface area contributed by atoms with E-state index < -0.39 is 31.0 Å².